The highest BCUT2D eigenvalue weighted by atomic mass is 35.5. The first-order chi connectivity index (χ1) is 13.0. The standard InChI is InChI=1S/C20H26Cl2N2O3/c1-2-27-14-4-11-23-20(26)16-9-12-24(13-10-16)18(25)8-7-15-5-3-6-17(21)19(15)22/h3,5-8,16H,2,4,9-14H2,1H3,(H,23,26)/b8-7+. The highest BCUT2D eigenvalue weighted by Gasteiger charge is 2.26. The summed E-state index contributed by atoms with van der Waals surface area (Å²) in [6.07, 6.45) is 5.34. The summed E-state index contributed by atoms with van der Waals surface area (Å²) in [6, 6.07) is 5.30. The van der Waals surface area contributed by atoms with Gasteiger partial charge in [-0.25, -0.2) is 0 Å². The maximum absolute atomic E-state index is 12.4. The van der Waals surface area contributed by atoms with E-state index in [1.165, 1.54) is 6.08 Å². The van der Waals surface area contributed by atoms with Gasteiger partial charge < -0.3 is 15.0 Å². The summed E-state index contributed by atoms with van der Waals surface area (Å²) >= 11 is 12.1. The Balaban J connectivity index is 1.76. The van der Waals surface area contributed by atoms with Crippen LogP contribution in [0.4, 0.5) is 0 Å². The molecule has 0 saturated carbocycles. The SMILES string of the molecule is CCOCCCNC(=O)C1CCN(C(=O)/C=C/c2cccc(Cl)c2Cl)CC1. The van der Waals surface area contributed by atoms with Crippen LogP contribution < -0.4 is 5.32 Å². The highest BCUT2D eigenvalue weighted by Crippen LogP contribution is 2.26. The van der Waals surface area contributed by atoms with Crippen LogP contribution in [0.25, 0.3) is 6.08 Å². The van der Waals surface area contributed by atoms with Gasteiger partial charge in [-0.3, -0.25) is 9.59 Å². The lowest BCUT2D eigenvalue weighted by atomic mass is 9.96. The predicted molar refractivity (Wildman–Crippen MR) is 109 cm³/mol. The fourth-order valence-electron chi connectivity index (χ4n) is 2.95. The van der Waals surface area contributed by atoms with Gasteiger partial charge in [0.25, 0.3) is 0 Å². The van der Waals surface area contributed by atoms with Crippen LogP contribution >= 0.6 is 23.2 Å². The third kappa shape index (κ3) is 6.83. The Morgan fingerprint density at radius 1 is 1.30 bits per heavy atom. The first-order valence-corrected chi connectivity index (χ1v) is 10.0. The maximum Gasteiger partial charge on any atom is 0.246 e. The zero-order chi connectivity index (χ0) is 19.6. The van der Waals surface area contributed by atoms with Crippen molar-refractivity contribution >= 4 is 41.1 Å². The molecule has 1 aromatic rings. The normalized spacial score (nSPS) is 15.3. The molecule has 148 valence electrons. The van der Waals surface area contributed by atoms with Gasteiger partial charge in [0.1, 0.15) is 0 Å². The number of piperidine rings is 1. The van der Waals surface area contributed by atoms with E-state index in [1.54, 1.807) is 29.2 Å². The highest BCUT2D eigenvalue weighted by molar-refractivity contribution is 6.42. The van der Waals surface area contributed by atoms with Crippen molar-refractivity contribution in [2.45, 2.75) is 26.2 Å². The molecular weight excluding hydrogens is 387 g/mol. The molecule has 1 N–H and O–H groups in total. The summed E-state index contributed by atoms with van der Waals surface area (Å²) in [6.45, 7) is 5.08. The van der Waals surface area contributed by atoms with E-state index in [1.807, 2.05) is 6.92 Å². The van der Waals surface area contributed by atoms with Gasteiger partial charge in [-0.05, 0) is 43.9 Å². The molecule has 0 radical (unpaired) electrons. The van der Waals surface area contributed by atoms with Crippen molar-refractivity contribution in [1.82, 2.24) is 10.2 Å². The molecule has 2 rings (SSSR count). The van der Waals surface area contributed by atoms with E-state index >= 15 is 0 Å². The Kier molecular flexibility index (Phi) is 9.11. The molecule has 1 saturated heterocycles. The van der Waals surface area contributed by atoms with Crippen LogP contribution in [0.5, 0.6) is 0 Å². The van der Waals surface area contributed by atoms with Crippen LogP contribution in [0, 0.1) is 5.92 Å². The number of carbonyl (C=O) groups excluding carboxylic acids is 2. The summed E-state index contributed by atoms with van der Waals surface area (Å²) in [5.74, 6) is -0.0473. The molecular formula is C20H26Cl2N2O3. The van der Waals surface area contributed by atoms with Crippen molar-refractivity contribution in [2.24, 2.45) is 5.92 Å². The Labute approximate surface area is 170 Å². The Morgan fingerprint density at radius 3 is 2.74 bits per heavy atom. The predicted octanol–water partition coefficient (Wildman–Crippen LogP) is 3.79. The molecule has 0 aromatic heterocycles. The van der Waals surface area contributed by atoms with E-state index < -0.39 is 0 Å². The fourth-order valence-corrected chi connectivity index (χ4v) is 3.32. The third-order valence-corrected chi connectivity index (χ3v) is 5.37. The number of halogens is 2. The lowest BCUT2D eigenvalue weighted by Crippen LogP contribution is -2.42. The minimum Gasteiger partial charge on any atom is -0.382 e. The van der Waals surface area contributed by atoms with Gasteiger partial charge in [-0.1, -0.05) is 35.3 Å². The average Bonchev–Trinajstić information content (AvgIpc) is 2.68. The van der Waals surface area contributed by atoms with Gasteiger partial charge >= 0.3 is 0 Å². The lowest BCUT2D eigenvalue weighted by Gasteiger charge is -2.30. The number of carbonyl (C=O) groups is 2. The number of rotatable bonds is 8. The molecule has 0 unspecified atom stereocenters. The molecule has 0 aliphatic carbocycles. The van der Waals surface area contributed by atoms with Crippen LogP contribution in [0.1, 0.15) is 31.7 Å². The minimum atomic E-state index is -0.0818. The minimum absolute atomic E-state index is 0.0347. The molecule has 2 amide bonds. The number of likely N-dealkylation sites (tertiary alicyclic amines) is 1. The second-order valence-electron chi connectivity index (χ2n) is 6.42. The second kappa shape index (κ2) is 11.3. The third-order valence-electron chi connectivity index (χ3n) is 4.53. The Bertz CT molecular complexity index is 671. The molecule has 1 aromatic carbocycles. The summed E-state index contributed by atoms with van der Waals surface area (Å²) in [5, 5.41) is 3.84. The molecule has 0 atom stereocenters. The van der Waals surface area contributed by atoms with Crippen molar-refractivity contribution in [3.8, 4) is 0 Å². The fraction of sp³-hybridized carbons (Fsp3) is 0.500. The first-order valence-electron chi connectivity index (χ1n) is 9.29. The molecule has 1 fully saturated rings. The van der Waals surface area contributed by atoms with Gasteiger partial charge in [-0.2, -0.15) is 0 Å². The summed E-state index contributed by atoms with van der Waals surface area (Å²) in [4.78, 5) is 26.3. The summed E-state index contributed by atoms with van der Waals surface area (Å²) in [5.41, 5.74) is 0.707. The zero-order valence-corrected chi connectivity index (χ0v) is 17.1. The van der Waals surface area contributed by atoms with Crippen molar-refractivity contribution in [2.75, 3.05) is 32.8 Å². The van der Waals surface area contributed by atoms with Crippen LogP contribution in [-0.2, 0) is 14.3 Å². The summed E-state index contributed by atoms with van der Waals surface area (Å²) in [7, 11) is 0. The molecule has 0 spiro atoms. The van der Waals surface area contributed by atoms with Crippen molar-refractivity contribution in [3.05, 3.63) is 39.9 Å². The second-order valence-corrected chi connectivity index (χ2v) is 7.20. The Hall–Kier alpha value is -1.56. The number of ether oxygens (including phenoxy) is 1. The monoisotopic (exact) mass is 412 g/mol. The van der Waals surface area contributed by atoms with Gasteiger partial charge in [0.2, 0.25) is 11.8 Å². The Morgan fingerprint density at radius 2 is 2.04 bits per heavy atom. The number of amides is 2. The van der Waals surface area contributed by atoms with Gasteiger partial charge in [0.15, 0.2) is 0 Å². The maximum atomic E-state index is 12.4. The topological polar surface area (TPSA) is 58.6 Å². The van der Waals surface area contributed by atoms with E-state index in [9.17, 15) is 9.59 Å². The molecule has 1 aliphatic heterocycles. The molecule has 1 aliphatic rings. The van der Waals surface area contributed by atoms with Crippen molar-refractivity contribution in [3.63, 3.8) is 0 Å². The zero-order valence-electron chi connectivity index (χ0n) is 15.5. The molecule has 0 bridgehead atoms. The number of nitrogens with zero attached hydrogens (tertiary/aromatic N) is 1. The van der Waals surface area contributed by atoms with E-state index in [2.05, 4.69) is 5.32 Å². The summed E-state index contributed by atoms with van der Waals surface area (Å²) < 4.78 is 5.25. The van der Waals surface area contributed by atoms with Gasteiger partial charge in [0.05, 0.1) is 10.0 Å². The van der Waals surface area contributed by atoms with E-state index in [0.29, 0.717) is 61.3 Å². The van der Waals surface area contributed by atoms with Crippen LogP contribution in [0.2, 0.25) is 10.0 Å². The van der Waals surface area contributed by atoms with Gasteiger partial charge in [-0.15, -0.1) is 0 Å². The first kappa shape index (κ1) is 21.7. The average molecular weight is 413 g/mol. The van der Waals surface area contributed by atoms with Crippen LogP contribution in [-0.4, -0.2) is 49.6 Å². The largest absolute Gasteiger partial charge is 0.382 e. The van der Waals surface area contributed by atoms with E-state index in [0.717, 1.165) is 6.42 Å². The number of hydrogen-bond acceptors (Lipinski definition) is 3. The molecule has 7 heteroatoms. The van der Waals surface area contributed by atoms with Crippen LogP contribution in [0.3, 0.4) is 0 Å². The van der Waals surface area contributed by atoms with Gasteiger partial charge in [0, 0.05) is 44.8 Å². The van der Waals surface area contributed by atoms with Crippen molar-refractivity contribution < 1.29 is 14.3 Å². The van der Waals surface area contributed by atoms with Crippen molar-refractivity contribution in [1.29, 1.82) is 0 Å². The quantitative estimate of drug-likeness (QED) is 0.521. The molecule has 5 nitrogen and oxygen atoms in total. The van der Waals surface area contributed by atoms with E-state index in [4.69, 9.17) is 27.9 Å². The molecule has 27 heavy (non-hydrogen) atoms. The number of hydrogen-bond donors (Lipinski definition) is 1. The number of nitrogens with one attached hydrogen (secondary N) is 1. The number of benzene rings is 1. The molecule has 1 heterocycles. The lowest BCUT2D eigenvalue weighted by molar-refractivity contribution is -0.132. The van der Waals surface area contributed by atoms with E-state index in [-0.39, 0.29) is 17.7 Å². The van der Waals surface area contributed by atoms with Crippen LogP contribution in [0.15, 0.2) is 24.3 Å². The smallest absolute Gasteiger partial charge is 0.246 e.